The van der Waals surface area contributed by atoms with E-state index in [1.807, 2.05) is 107 Å². The molecule has 0 atom stereocenters. The van der Waals surface area contributed by atoms with Crippen molar-refractivity contribution in [3.63, 3.8) is 0 Å². The highest BCUT2D eigenvalue weighted by Gasteiger charge is 2.43. The van der Waals surface area contributed by atoms with Gasteiger partial charge in [0.2, 0.25) is 0 Å². The van der Waals surface area contributed by atoms with Crippen LogP contribution in [-0.2, 0) is 6.18 Å². The van der Waals surface area contributed by atoms with Crippen molar-refractivity contribution < 1.29 is 22.0 Å². The standard InChI is InChI=1S/C43H25F5N2S2/c44-28-21-17-26(18-22-28)40-34(49-30-9-1-5-13-36(30)51-37-14-6-2-10-31(37)49)25-35(41(42(40)43(46,47)48)27-19-23-29(45)24-20-27)50-32-11-3-7-15-38(32)52-39-16-8-4-12-33(39)50/h1-25H. The van der Waals surface area contributed by atoms with Gasteiger partial charge in [-0.05, 0) is 90.0 Å². The van der Waals surface area contributed by atoms with Crippen LogP contribution in [0.25, 0.3) is 22.3 Å². The first kappa shape index (κ1) is 32.4. The van der Waals surface area contributed by atoms with Crippen molar-refractivity contribution in [2.45, 2.75) is 25.8 Å². The molecule has 0 aromatic heterocycles. The minimum atomic E-state index is -4.93. The fourth-order valence-corrected chi connectivity index (χ4v) is 9.15. The largest absolute Gasteiger partial charge is 0.417 e. The summed E-state index contributed by atoms with van der Waals surface area (Å²) in [5.74, 6) is -1.14. The maximum Gasteiger partial charge on any atom is 0.417 e. The Morgan fingerprint density at radius 1 is 0.385 bits per heavy atom. The molecular formula is C43H25F5N2S2. The van der Waals surface area contributed by atoms with Crippen molar-refractivity contribution in [3.8, 4) is 22.3 Å². The number of halogens is 5. The molecule has 2 aliphatic heterocycles. The van der Waals surface area contributed by atoms with E-state index in [0.717, 1.165) is 19.6 Å². The van der Waals surface area contributed by atoms with Crippen molar-refractivity contribution in [1.82, 2.24) is 0 Å². The Morgan fingerprint density at radius 3 is 1.00 bits per heavy atom. The molecule has 0 saturated heterocycles. The second kappa shape index (κ2) is 12.6. The fourth-order valence-electron chi connectivity index (χ4n) is 7.04. The normalized spacial score (nSPS) is 13.2. The molecule has 7 aromatic rings. The van der Waals surface area contributed by atoms with Gasteiger partial charge in [-0.3, -0.25) is 0 Å². The van der Waals surface area contributed by atoms with E-state index in [1.54, 1.807) is 29.6 Å². The van der Waals surface area contributed by atoms with E-state index in [9.17, 15) is 8.78 Å². The third-order valence-corrected chi connectivity index (χ3v) is 11.4. The Morgan fingerprint density at radius 2 is 0.692 bits per heavy atom. The van der Waals surface area contributed by atoms with Gasteiger partial charge in [0.25, 0.3) is 0 Å². The molecule has 0 fully saturated rings. The molecule has 254 valence electrons. The molecule has 0 bridgehead atoms. The molecule has 52 heavy (non-hydrogen) atoms. The van der Waals surface area contributed by atoms with Crippen LogP contribution in [0.2, 0.25) is 0 Å². The van der Waals surface area contributed by atoms with E-state index < -0.39 is 23.4 Å². The van der Waals surface area contributed by atoms with E-state index in [0.29, 0.717) is 22.7 Å². The first-order chi connectivity index (χ1) is 25.3. The molecule has 0 aliphatic carbocycles. The summed E-state index contributed by atoms with van der Waals surface area (Å²) < 4.78 is 77.9. The van der Waals surface area contributed by atoms with Crippen LogP contribution in [0.3, 0.4) is 0 Å². The highest BCUT2D eigenvalue weighted by molar-refractivity contribution is 8.00. The predicted molar refractivity (Wildman–Crippen MR) is 200 cm³/mol. The third-order valence-electron chi connectivity index (χ3n) is 9.18. The van der Waals surface area contributed by atoms with E-state index >= 15 is 13.2 Å². The maximum absolute atomic E-state index is 16.3. The monoisotopic (exact) mass is 728 g/mol. The van der Waals surface area contributed by atoms with Crippen molar-refractivity contribution in [2.75, 3.05) is 9.80 Å². The molecule has 9 heteroatoms. The maximum atomic E-state index is 16.3. The van der Waals surface area contributed by atoms with Gasteiger partial charge < -0.3 is 9.80 Å². The molecule has 0 N–H and O–H groups in total. The molecule has 2 heterocycles. The molecule has 0 radical (unpaired) electrons. The van der Waals surface area contributed by atoms with Crippen molar-refractivity contribution in [2.24, 2.45) is 0 Å². The Bertz CT molecular complexity index is 2240. The number of nitrogens with zero attached hydrogens (tertiary/aromatic N) is 2. The lowest BCUT2D eigenvalue weighted by Gasteiger charge is -2.39. The van der Waals surface area contributed by atoms with Crippen LogP contribution in [-0.4, -0.2) is 0 Å². The smallest absolute Gasteiger partial charge is 0.307 e. The zero-order valence-corrected chi connectivity index (χ0v) is 28.7. The highest BCUT2D eigenvalue weighted by Crippen LogP contribution is 2.61. The number of alkyl halides is 3. The van der Waals surface area contributed by atoms with Gasteiger partial charge in [0.15, 0.2) is 0 Å². The van der Waals surface area contributed by atoms with Crippen molar-refractivity contribution >= 4 is 57.6 Å². The summed E-state index contributed by atoms with van der Waals surface area (Å²) in [6, 6.07) is 42.5. The molecule has 0 spiro atoms. The Labute approximate surface area is 305 Å². The number of fused-ring (bicyclic) bond motifs is 4. The molecule has 7 aromatic carbocycles. The summed E-state index contributed by atoms with van der Waals surface area (Å²) in [7, 11) is 0. The summed E-state index contributed by atoms with van der Waals surface area (Å²) in [4.78, 5) is 7.23. The number of rotatable bonds is 4. The second-order valence-electron chi connectivity index (χ2n) is 12.3. The van der Waals surface area contributed by atoms with Gasteiger partial charge >= 0.3 is 6.18 Å². The lowest BCUT2D eigenvalue weighted by molar-refractivity contribution is -0.136. The number of benzene rings is 7. The number of hydrogen-bond acceptors (Lipinski definition) is 4. The average molecular weight is 729 g/mol. The van der Waals surface area contributed by atoms with E-state index in [2.05, 4.69) is 0 Å². The first-order valence-corrected chi connectivity index (χ1v) is 18.0. The van der Waals surface area contributed by atoms with Crippen LogP contribution in [0.5, 0.6) is 0 Å². The Balaban J connectivity index is 1.49. The summed E-state index contributed by atoms with van der Waals surface area (Å²) >= 11 is 3.09. The van der Waals surface area contributed by atoms with Gasteiger partial charge in [-0.15, -0.1) is 0 Å². The van der Waals surface area contributed by atoms with Gasteiger partial charge in [-0.25, -0.2) is 8.78 Å². The van der Waals surface area contributed by atoms with Gasteiger partial charge in [0.1, 0.15) is 11.6 Å². The molecule has 9 rings (SSSR count). The van der Waals surface area contributed by atoms with Crippen LogP contribution >= 0.6 is 23.5 Å². The quantitative estimate of drug-likeness (QED) is 0.166. The third kappa shape index (κ3) is 5.43. The topological polar surface area (TPSA) is 6.48 Å². The zero-order valence-electron chi connectivity index (χ0n) is 27.0. The van der Waals surface area contributed by atoms with Crippen molar-refractivity contribution in [3.05, 3.63) is 169 Å². The Kier molecular flexibility index (Phi) is 7.86. The van der Waals surface area contributed by atoms with Gasteiger partial charge in [-0.1, -0.05) is 96.3 Å². The molecule has 2 aliphatic rings. The summed E-state index contributed by atoms with van der Waals surface area (Å²) in [6.45, 7) is 0. The van der Waals surface area contributed by atoms with Crippen LogP contribution < -0.4 is 9.80 Å². The van der Waals surface area contributed by atoms with Crippen LogP contribution in [0.15, 0.2) is 171 Å². The predicted octanol–water partition coefficient (Wildman–Crippen LogP) is 14.2. The minimum Gasteiger partial charge on any atom is -0.307 e. The van der Waals surface area contributed by atoms with E-state index in [-0.39, 0.29) is 33.6 Å². The number of hydrogen-bond donors (Lipinski definition) is 0. The number of para-hydroxylation sites is 4. The molecule has 0 amide bonds. The lowest BCUT2D eigenvalue weighted by Crippen LogP contribution is -2.22. The second-order valence-corrected chi connectivity index (χ2v) is 14.5. The van der Waals surface area contributed by atoms with Gasteiger partial charge in [0.05, 0.1) is 39.7 Å². The lowest BCUT2D eigenvalue weighted by atomic mass is 9.87. The molecular weight excluding hydrogens is 704 g/mol. The fraction of sp³-hybridized carbons (Fsp3) is 0.0233. The molecule has 0 saturated carbocycles. The zero-order chi connectivity index (χ0) is 35.6. The summed E-state index contributed by atoms with van der Waals surface area (Å²) in [6.07, 6.45) is -4.93. The minimum absolute atomic E-state index is 0.125. The van der Waals surface area contributed by atoms with Crippen molar-refractivity contribution in [1.29, 1.82) is 0 Å². The van der Waals surface area contributed by atoms with E-state index in [4.69, 9.17) is 0 Å². The summed E-state index contributed by atoms with van der Waals surface area (Å²) in [5.41, 5.74) is 2.54. The first-order valence-electron chi connectivity index (χ1n) is 16.4. The molecule has 2 nitrogen and oxygen atoms in total. The van der Waals surface area contributed by atoms with E-state index in [1.165, 1.54) is 48.5 Å². The van der Waals surface area contributed by atoms with Crippen LogP contribution in [0.1, 0.15) is 5.56 Å². The average Bonchev–Trinajstić information content (AvgIpc) is 3.15. The van der Waals surface area contributed by atoms with Crippen LogP contribution in [0.4, 0.5) is 56.1 Å². The summed E-state index contributed by atoms with van der Waals surface area (Å²) in [5, 5.41) is 0. The number of anilines is 6. The highest BCUT2D eigenvalue weighted by atomic mass is 32.2. The Hall–Kier alpha value is -5.51. The van der Waals surface area contributed by atoms with Gasteiger partial charge in [-0.2, -0.15) is 13.2 Å². The molecule has 0 unspecified atom stereocenters. The van der Waals surface area contributed by atoms with Gasteiger partial charge in [0, 0.05) is 30.7 Å². The van der Waals surface area contributed by atoms with Crippen LogP contribution in [0, 0.1) is 11.6 Å². The SMILES string of the molecule is Fc1ccc(-c2c(N3c4ccccc4Sc4ccccc43)cc(N3c4ccccc4Sc4ccccc43)c(-c3ccc(F)cc3)c2C(F)(F)F)cc1.